The van der Waals surface area contributed by atoms with E-state index < -0.39 is 5.24 Å². The molecule has 0 atom stereocenters. The van der Waals surface area contributed by atoms with E-state index in [9.17, 15) is 4.79 Å². The molecule has 1 aromatic rings. The van der Waals surface area contributed by atoms with E-state index in [0.717, 1.165) is 8.04 Å². The van der Waals surface area contributed by atoms with Crippen LogP contribution < -0.4 is 4.74 Å². The summed E-state index contributed by atoms with van der Waals surface area (Å²) in [5.41, 5.74) is 0.481. The molecule has 1 aromatic carbocycles. The maximum absolute atomic E-state index is 10.9. The third-order valence-corrected chi connectivity index (χ3v) is 4.33. The second-order valence-electron chi connectivity index (χ2n) is 2.22. The van der Waals surface area contributed by atoms with Crippen LogP contribution in [0.4, 0.5) is 0 Å². The normalized spacial score (nSPS) is 9.85. The van der Waals surface area contributed by atoms with Gasteiger partial charge < -0.3 is 4.74 Å². The van der Waals surface area contributed by atoms with Crippen molar-refractivity contribution in [3.05, 3.63) is 25.7 Å². The van der Waals surface area contributed by atoms with Crippen LogP contribution in [0.25, 0.3) is 0 Å². The molecule has 2 nitrogen and oxygen atoms in total. The molecule has 0 spiro atoms. The molecule has 0 bridgehead atoms. The Balaban J connectivity index is 3.31. The average molecular weight is 375 g/mol. The summed E-state index contributed by atoms with van der Waals surface area (Å²) in [4.78, 5) is 10.9. The Morgan fingerprint density at radius 1 is 1.62 bits per heavy atom. The van der Waals surface area contributed by atoms with E-state index in [4.69, 9.17) is 16.3 Å². The van der Waals surface area contributed by atoms with Gasteiger partial charge in [-0.3, -0.25) is 4.79 Å². The maximum atomic E-state index is 10.9. The van der Waals surface area contributed by atoms with Crippen molar-refractivity contribution in [2.75, 3.05) is 7.11 Å². The van der Waals surface area contributed by atoms with E-state index in [1.165, 1.54) is 0 Å². The van der Waals surface area contributed by atoms with Gasteiger partial charge in [0.2, 0.25) is 0 Å². The van der Waals surface area contributed by atoms with E-state index in [-0.39, 0.29) is 0 Å². The van der Waals surface area contributed by atoms with Gasteiger partial charge in [-0.2, -0.15) is 0 Å². The molecule has 0 aromatic heterocycles. The van der Waals surface area contributed by atoms with Gasteiger partial charge in [-0.25, -0.2) is 0 Å². The molecular weight excluding hydrogens is 370 g/mol. The van der Waals surface area contributed by atoms with Crippen LogP contribution >= 0.6 is 50.1 Å². The highest BCUT2D eigenvalue weighted by Crippen LogP contribution is 2.32. The third kappa shape index (κ3) is 2.35. The van der Waals surface area contributed by atoms with Crippen LogP contribution in [0.1, 0.15) is 10.4 Å². The predicted molar refractivity (Wildman–Crippen MR) is 63.6 cm³/mol. The fourth-order valence-electron chi connectivity index (χ4n) is 0.841. The van der Waals surface area contributed by atoms with Crippen LogP contribution in [0.2, 0.25) is 0 Å². The van der Waals surface area contributed by atoms with Crippen LogP contribution in [0.3, 0.4) is 0 Å². The Morgan fingerprint density at radius 2 is 2.23 bits per heavy atom. The predicted octanol–water partition coefficient (Wildman–Crippen LogP) is 3.44. The summed E-state index contributed by atoms with van der Waals surface area (Å²) in [7, 11) is 1.57. The van der Waals surface area contributed by atoms with E-state index in [0.29, 0.717) is 11.3 Å². The van der Waals surface area contributed by atoms with Crippen LogP contribution in [0, 0.1) is 3.57 Å². The molecule has 70 valence electrons. The summed E-state index contributed by atoms with van der Waals surface area (Å²) in [6.45, 7) is 0. The van der Waals surface area contributed by atoms with Crippen LogP contribution in [-0.4, -0.2) is 12.4 Å². The van der Waals surface area contributed by atoms with Gasteiger partial charge in [-0.05, 0) is 62.3 Å². The van der Waals surface area contributed by atoms with Gasteiger partial charge in [-0.1, -0.05) is 0 Å². The SMILES string of the molecule is COc1ccc(C(=O)Cl)c(I)c1Br. The van der Waals surface area contributed by atoms with Gasteiger partial charge in [0.15, 0.2) is 0 Å². The minimum absolute atomic E-state index is 0.465. The van der Waals surface area contributed by atoms with Crippen molar-refractivity contribution in [3.63, 3.8) is 0 Å². The van der Waals surface area contributed by atoms with Gasteiger partial charge in [0, 0.05) is 9.13 Å². The molecule has 0 aliphatic heterocycles. The second-order valence-corrected chi connectivity index (χ2v) is 4.43. The first-order chi connectivity index (χ1) is 6.07. The van der Waals surface area contributed by atoms with Crippen LogP contribution in [0.5, 0.6) is 5.75 Å². The molecule has 0 radical (unpaired) electrons. The van der Waals surface area contributed by atoms with Crippen molar-refractivity contribution in [2.24, 2.45) is 0 Å². The average Bonchev–Trinajstić information content (AvgIpc) is 2.09. The zero-order valence-corrected chi connectivity index (χ0v) is 11.1. The molecule has 0 unspecified atom stereocenters. The first kappa shape index (κ1) is 11.3. The molecule has 0 saturated heterocycles. The van der Waals surface area contributed by atoms with Crippen molar-refractivity contribution >= 4 is 55.4 Å². The van der Waals surface area contributed by atoms with E-state index in [1.807, 2.05) is 22.6 Å². The molecular formula is C8H5BrClIO2. The number of rotatable bonds is 2. The molecule has 0 amide bonds. The largest absolute Gasteiger partial charge is 0.496 e. The molecule has 0 saturated carbocycles. The lowest BCUT2D eigenvalue weighted by atomic mass is 10.2. The molecule has 0 aliphatic carbocycles. The third-order valence-electron chi connectivity index (χ3n) is 1.48. The van der Waals surface area contributed by atoms with Crippen molar-refractivity contribution in [2.45, 2.75) is 0 Å². The van der Waals surface area contributed by atoms with Crippen molar-refractivity contribution < 1.29 is 9.53 Å². The zero-order valence-electron chi connectivity index (χ0n) is 6.61. The Hall–Kier alpha value is 0.190. The Bertz CT molecular complexity index is 354. The van der Waals surface area contributed by atoms with E-state index in [1.54, 1.807) is 19.2 Å². The highest BCUT2D eigenvalue weighted by Gasteiger charge is 2.13. The number of hydrogen-bond acceptors (Lipinski definition) is 2. The molecule has 13 heavy (non-hydrogen) atoms. The lowest BCUT2D eigenvalue weighted by Crippen LogP contribution is -1.96. The summed E-state index contributed by atoms with van der Waals surface area (Å²) in [5.74, 6) is 0.686. The number of hydrogen-bond donors (Lipinski definition) is 0. The molecule has 0 N–H and O–H groups in total. The first-order valence-electron chi connectivity index (χ1n) is 3.29. The van der Waals surface area contributed by atoms with Gasteiger partial charge in [0.1, 0.15) is 5.75 Å². The summed E-state index contributed by atoms with van der Waals surface area (Å²) in [5, 5.41) is -0.465. The molecule has 5 heteroatoms. The standard InChI is InChI=1S/C8H5BrClIO2/c1-13-5-3-2-4(8(10)12)7(11)6(5)9/h2-3H,1H3. The van der Waals surface area contributed by atoms with E-state index >= 15 is 0 Å². The first-order valence-corrected chi connectivity index (χ1v) is 5.54. The van der Waals surface area contributed by atoms with Crippen molar-refractivity contribution in [3.8, 4) is 5.75 Å². The highest BCUT2D eigenvalue weighted by atomic mass is 127. The quantitative estimate of drug-likeness (QED) is 0.585. The number of benzene rings is 1. The number of carbonyl (C=O) groups is 1. The number of methoxy groups -OCH3 is 1. The number of halogens is 3. The smallest absolute Gasteiger partial charge is 0.253 e. The maximum Gasteiger partial charge on any atom is 0.253 e. The Labute approximate surface area is 103 Å². The van der Waals surface area contributed by atoms with Gasteiger partial charge in [0.05, 0.1) is 11.6 Å². The lowest BCUT2D eigenvalue weighted by molar-refractivity contribution is 0.108. The summed E-state index contributed by atoms with van der Waals surface area (Å²) >= 11 is 10.7. The second kappa shape index (κ2) is 4.61. The number of carbonyl (C=O) groups excluding carboxylic acids is 1. The lowest BCUT2D eigenvalue weighted by Gasteiger charge is -2.06. The highest BCUT2D eigenvalue weighted by molar-refractivity contribution is 14.1. The Kier molecular flexibility index (Phi) is 4.00. The van der Waals surface area contributed by atoms with Crippen molar-refractivity contribution in [1.82, 2.24) is 0 Å². The summed E-state index contributed by atoms with van der Waals surface area (Å²) < 4.78 is 6.57. The van der Waals surface area contributed by atoms with Gasteiger partial charge >= 0.3 is 0 Å². The molecule has 0 aliphatic rings. The fourth-order valence-corrected chi connectivity index (χ4v) is 2.36. The van der Waals surface area contributed by atoms with Gasteiger partial charge in [-0.15, -0.1) is 0 Å². The van der Waals surface area contributed by atoms with Crippen LogP contribution in [0.15, 0.2) is 16.6 Å². The number of ether oxygens (including phenoxy) is 1. The topological polar surface area (TPSA) is 26.3 Å². The van der Waals surface area contributed by atoms with Crippen molar-refractivity contribution in [1.29, 1.82) is 0 Å². The zero-order chi connectivity index (χ0) is 10.0. The minimum atomic E-state index is -0.465. The van der Waals surface area contributed by atoms with Crippen LogP contribution in [-0.2, 0) is 0 Å². The monoisotopic (exact) mass is 374 g/mol. The van der Waals surface area contributed by atoms with E-state index in [2.05, 4.69) is 15.9 Å². The minimum Gasteiger partial charge on any atom is -0.496 e. The fraction of sp³-hybridized carbons (Fsp3) is 0.125. The molecule has 0 fully saturated rings. The van der Waals surface area contributed by atoms with Gasteiger partial charge in [0.25, 0.3) is 5.24 Å². The molecule has 1 rings (SSSR count). The Morgan fingerprint density at radius 3 is 2.69 bits per heavy atom. The summed E-state index contributed by atoms with van der Waals surface area (Å²) in [6.07, 6.45) is 0. The summed E-state index contributed by atoms with van der Waals surface area (Å²) in [6, 6.07) is 3.34. The molecule has 0 heterocycles.